The molecule has 0 amide bonds. The summed E-state index contributed by atoms with van der Waals surface area (Å²) in [6.45, 7) is 2.87. The molecule has 1 N–H and O–H groups in total. The maximum Gasteiger partial charge on any atom is 0.347 e. The number of ether oxygens (including phenoxy) is 1. The van der Waals surface area contributed by atoms with Crippen LogP contribution in [0.15, 0.2) is 47.5 Å². The van der Waals surface area contributed by atoms with Crippen molar-refractivity contribution < 1.29 is 4.74 Å². The van der Waals surface area contributed by atoms with Gasteiger partial charge in [0, 0.05) is 18.0 Å². The van der Waals surface area contributed by atoms with E-state index in [0.29, 0.717) is 5.65 Å². The van der Waals surface area contributed by atoms with E-state index in [9.17, 15) is 4.79 Å². The highest BCUT2D eigenvalue weighted by Gasteiger charge is 2.10. The highest BCUT2D eigenvalue weighted by atomic mass is 16.5. The molecule has 4 aromatic rings. The van der Waals surface area contributed by atoms with Crippen molar-refractivity contribution in [1.82, 2.24) is 24.2 Å². The van der Waals surface area contributed by atoms with Gasteiger partial charge in [-0.15, -0.1) is 0 Å². The molecule has 0 radical (unpaired) electrons. The Morgan fingerprint density at radius 2 is 2.04 bits per heavy atom. The van der Waals surface area contributed by atoms with Crippen molar-refractivity contribution in [2.45, 2.75) is 19.8 Å². The van der Waals surface area contributed by atoms with Crippen LogP contribution in [0.2, 0.25) is 0 Å². The second-order valence-corrected chi connectivity index (χ2v) is 5.61. The fourth-order valence-corrected chi connectivity index (χ4v) is 2.63. The quantitative estimate of drug-likeness (QED) is 0.573. The smallest absolute Gasteiger partial charge is 0.347 e. The molecule has 0 unspecified atom stereocenters. The van der Waals surface area contributed by atoms with Gasteiger partial charge in [-0.3, -0.25) is 0 Å². The lowest BCUT2D eigenvalue weighted by molar-refractivity contribution is 0.309. The number of rotatable bonds is 5. The summed E-state index contributed by atoms with van der Waals surface area (Å²) in [6, 6.07) is 9.78. The zero-order valence-corrected chi connectivity index (χ0v) is 13.3. The average Bonchev–Trinajstić information content (AvgIpc) is 3.19. The number of unbranched alkanes of at least 4 members (excludes halogenated alkanes) is 1. The van der Waals surface area contributed by atoms with Crippen LogP contribution in [0, 0.1) is 0 Å². The second-order valence-electron chi connectivity index (χ2n) is 5.61. The van der Waals surface area contributed by atoms with E-state index in [1.807, 2.05) is 30.3 Å². The monoisotopic (exact) mass is 323 g/mol. The topological polar surface area (TPSA) is 76.7 Å². The summed E-state index contributed by atoms with van der Waals surface area (Å²) in [5.74, 6) is 0.859. The molecule has 0 aliphatic heterocycles. The van der Waals surface area contributed by atoms with Gasteiger partial charge in [-0.25, -0.2) is 18.8 Å². The van der Waals surface area contributed by atoms with E-state index in [4.69, 9.17) is 4.74 Å². The maximum atomic E-state index is 11.6. The molecule has 0 atom stereocenters. The van der Waals surface area contributed by atoms with Gasteiger partial charge in [0.05, 0.1) is 12.3 Å². The Labute approximate surface area is 137 Å². The van der Waals surface area contributed by atoms with Crippen molar-refractivity contribution in [2.75, 3.05) is 6.61 Å². The molecule has 7 heteroatoms. The van der Waals surface area contributed by atoms with Crippen molar-refractivity contribution in [1.29, 1.82) is 0 Å². The molecule has 7 nitrogen and oxygen atoms in total. The van der Waals surface area contributed by atoms with Crippen LogP contribution >= 0.6 is 0 Å². The van der Waals surface area contributed by atoms with E-state index < -0.39 is 0 Å². The highest BCUT2D eigenvalue weighted by molar-refractivity contribution is 5.76. The Morgan fingerprint density at radius 1 is 1.21 bits per heavy atom. The highest BCUT2D eigenvalue weighted by Crippen LogP contribution is 2.23. The van der Waals surface area contributed by atoms with Gasteiger partial charge in [0.2, 0.25) is 0 Å². The van der Waals surface area contributed by atoms with Crippen molar-refractivity contribution in [3.05, 3.63) is 53.2 Å². The fourth-order valence-electron chi connectivity index (χ4n) is 2.63. The standard InChI is InChI=1S/C17H17N5O2/c1-2-3-10-24-13-6-4-12(5-7-13)14-11-15-16-18-19-17(23)21(16)8-9-22(15)20-14/h4-9,11H,2-3,10H2,1H3,(H,19,23). The van der Waals surface area contributed by atoms with Crippen LogP contribution < -0.4 is 10.4 Å². The van der Waals surface area contributed by atoms with Gasteiger partial charge in [-0.2, -0.15) is 10.2 Å². The van der Waals surface area contributed by atoms with E-state index in [1.165, 1.54) is 4.40 Å². The van der Waals surface area contributed by atoms with Crippen LogP contribution in [0.5, 0.6) is 5.75 Å². The SMILES string of the molecule is CCCCOc1ccc(-c2cc3c4n[nH]c(=O)n4ccn3n2)cc1. The van der Waals surface area contributed by atoms with Gasteiger partial charge in [-0.1, -0.05) is 13.3 Å². The van der Waals surface area contributed by atoms with Crippen molar-refractivity contribution >= 4 is 11.2 Å². The number of aromatic amines is 1. The molecule has 0 saturated heterocycles. The van der Waals surface area contributed by atoms with Crippen LogP contribution in [0.1, 0.15) is 19.8 Å². The molecule has 0 aliphatic carbocycles. The predicted octanol–water partition coefficient (Wildman–Crippen LogP) is 2.52. The molecule has 3 heterocycles. The third kappa shape index (κ3) is 2.44. The lowest BCUT2D eigenvalue weighted by atomic mass is 10.1. The van der Waals surface area contributed by atoms with E-state index in [2.05, 4.69) is 22.2 Å². The molecule has 122 valence electrons. The molecule has 0 bridgehead atoms. The van der Waals surface area contributed by atoms with E-state index in [1.54, 1.807) is 16.9 Å². The molecule has 3 aromatic heterocycles. The number of benzene rings is 1. The van der Waals surface area contributed by atoms with Crippen LogP contribution in [0.3, 0.4) is 0 Å². The first-order valence-electron chi connectivity index (χ1n) is 7.94. The Morgan fingerprint density at radius 3 is 2.83 bits per heavy atom. The number of nitrogens with zero attached hydrogens (tertiary/aromatic N) is 4. The van der Waals surface area contributed by atoms with Gasteiger partial charge in [0.1, 0.15) is 11.3 Å². The Balaban J connectivity index is 1.68. The number of nitrogens with one attached hydrogen (secondary N) is 1. The molecule has 0 saturated carbocycles. The Bertz CT molecular complexity index is 1040. The fraction of sp³-hybridized carbons (Fsp3) is 0.235. The Hall–Kier alpha value is -3.09. The van der Waals surface area contributed by atoms with Crippen LogP contribution in [0.25, 0.3) is 22.4 Å². The summed E-state index contributed by atoms with van der Waals surface area (Å²) in [5.41, 5.74) is 2.87. The summed E-state index contributed by atoms with van der Waals surface area (Å²) in [6.07, 6.45) is 5.55. The van der Waals surface area contributed by atoms with Crippen molar-refractivity contribution in [3.8, 4) is 17.0 Å². The first-order valence-corrected chi connectivity index (χ1v) is 7.94. The maximum absolute atomic E-state index is 11.6. The summed E-state index contributed by atoms with van der Waals surface area (Å²) in [7, 11) is 0. The zero-order valence-electron chi connectivity index (χ0n) is 13.3. The predicted molar refractivity (Wildman–Crippen MR) is 90.4 cm³/mol. The first kappa shape index (κ1) is 14.5. The van der Waals surface area contributed by atoms with E-state index in [-0.39, 0.29) is 5.69 Å². The minimum absolute atomic E-state index is 0.260. The average molecular weight is 323 g/mol. The Kier molecular flexibility index (Phi) is 3.53. The lowest BCUT2D eigenvalue weighted by Gasteiger charge is -2.05. The lowest BCUT2D eigenvalue weighted by Crippen LogP contribution is -2.09. The van der Waals surface area contributed by atoms with Gasteiger partial charge < -0.3 is 4.74 Å². The number of fused-ring (bicyclic) bond motifs is 3. The summed E-state index contributed by atoms with van der Waals surface area (Å²) in [4.78, 5) is 11.6. The van der Waals surface area contributed by atoms with Crippen LogP contribution in [0.4, 0.5) is 0 Å². The minimum atomic E-state index is -0.260. The normalized spacial score (nSPS) is 11.4. The van der Waals surface area contributed by atoms with Gasteiger partial charge in [0.15, 0.2) is 5.65 Å². The molecule has 0 spiro atoms. The number of hydrogen-bond acceptors (Lipinski definition) is 4. The van der Waals surface area contributed by atoms with Crippen molar-refractivity contribution in [3.63, 3.8) is 0 Å². The zero-order chi connectivity index (χ0) is 16.5. The summed E-state index contributed by atoms with van der Waals surface area (Å²) in [5, 5.41) is 11.1. The van der Waals surface area contributed by atoms with E-state index >= 15 is 0 Å². The molecule has 24 heavy (non-hydrogen) atoms. The van der Waals surface area contributed by atoms with Gasteiger partial charge in [0.25, 0.3) is 0 Å². The van der Waals surface area contributed by atoms with Gasteiger partial charge >= 0.3 is 5.69 Å². The summed E-state index contributed by atoms with van der Waals surface area (Å²) < 4.78 is 8.86. The minimum Gasteiger partial charge on any atom is -0.494 e. The van der Waals surface area contributed by atoms with Crippen LogP contribution in [-0.4, -0.2) is 30.8 Å². The number of hydrogen-bond donors (Lipinski definition) is 1. The van der Waals surface area contributed by atoms with Crippen LogP contribution in [-0.2, 0) is 0 Å². The van der Waals surface area contributed by atoms with Crippen molar-refractivity contribution in [2.24, 2.45) is 0 Å². The molecule has 0 aliphatic rings. The molecular formula is C17H17N5O2. The molecule has 0 fully saturated rings. The molecular weight excluding hydrogens is 306 g/mol. The second kappa shape index (κ2) is 5.84. The molecule has 4 rings (SSSR count). The first-order chi connectivity index (χ1) is 11.8. The molecule has 1 aromatic carbocycles. The largest absolute Gasteiger partial charge is 0.494 e. The number of aromatic nitrogens is 5. The third-order valence-corrected chi connectivity index (χ3v) is 3.94. The third-order valence-electron chi connectivity index (χ3n) is 3.94. The van der Waals surface area contributed by atoms with Gasteiger partial charge in [-0.05, 0) is 36.8 Å². The van der Waals surface area contributed by atoms with E-state index in [0.717, 1.165) is 42.0 Å². The number of H-pyrrole nitrogens is 1. The summed E-state index contributed by atoms with van der Waals surface area (Å²) >= 11 is 0.